The maximum atomic E-state index is 13.7. The minimum Gasteiger partial charge on any atom is -0.465 e. The number of carbonyl (C=O) groups is 2. The average molecular weight is 382 g/mol. The molecule has 136 valence electrons. The highest BCUT2D eigenvalue weighted by Crippen LogP contribution is 2.29. The zero-order valence-electron chi connectivity index (χ0n) is 14.3. The van der Waals surface area contributed by atoms with Crippen molar-refractivity contribution in [2.75, 3.05) is 12.4 Å². The molecular weight excluding hydrogens is 367 g/mol. The van der Waals surface area contributed by atoms with Gasteiger partial charge in [0.1, 0.15) is 10.8 Å². The largest absolute Gasteiger partial charge is 0.465 e. The molecule has 0 atom stereocenters. The van der Waals surface area contributed by atoms with E-state index < -0.39 is 17.7 Å². The van der Waals surface area contributed by atoms with Gasteiger partial charge in [-0.3, -0.25) is 4.79 Å². The molecule has 0 fully saturated rings. The Morgan fingerprint density at radius 3 is 2.56 bits per heavy atom. The Morgan fingerprint density at radius 1 is 1.04 bits per heavy atom. The summed E-state index contributed by atoms with van der Waals surface area (Å²) >= 11 is 1.36. The fourth-order valence-electron chi connectivity index (χ4n) is 2.31. The van der Waals surface area contributed by atoms with Gasteiger partial charge in [0.2, 0.25) is 0 Å². The van der Waals surface area contributed by atoms with Crippen molar-refractivity contribution < 1.29 is 18.7 Å². The van der Waals surface area contributed by atoms with Crippen LogP contribution in [0.1, 0.15) is 20.7 Å². The zero-order valence-corrected chi connectivity index (χ0v) is 15.1. The van der Waals surface area contributed by atoms with E-state index in [9.17, 15) is 14.0 Å². The molecule has 0 aliphatic carbocycles. The number of ether oxygens (including phenoxy) is 1. The number of benzene rings is 2. The van der Waals surface area contributed by atoms with Gasteiger partial charge >= 0.3 is 5.97 Å². The van der Waals surface area contributed by atoms with Gasteiger partial charge in [0.15, 0.2) is 0 Å². The molecule has 0 spiro atoms. The lowest BCUT2D eigenvalue weighted by molar-refractivity contribution is 0.0595. The van der Waals surface area contributed by atoms with Gasteiger partial charge in [-0.1, -0.05) is 30.0 Å². The van der Waals surface area contributed by atoms with Gasteiger partial charge in [0, 0.05) is 16.8 Å². The number of rotatable bonds is 5. The Balaban J connectivity index is 1.84. The predicted molar refractivity (Wildman–Crippen MR) is 100 cm³/mol. The smallest absolute Gasteiger partial charge is 0.340 e. The molecule has 0 unspecified atom stereocenters. The van der Waals surface area contributed by atoms with Crippen LogP contribution in [0.4, 0.5) is 10.1 Å². The topological polar surface area (TPSA) is 68.3 Å². The maximum Gasteiger partial charge on any atom is 0.340 e. The van der Waals surface area contributed by atoms with Crippen LogP contribution in [0.5, 0.6) is 0 Å². The Labute approximate surface area is 159 Å². The van der Waals surface area contributed by atoms with Crippen molar-refractivity contribution in [1.82, 2.24) is 4.98 Å². The molecule has 3 aromatic rings. The zero-order chi connectivity index (χ0) is 19.2. The van der Waals surface area contributed by atoms with Crippen LogP contribution in [0, 0.1) is 5.82 Å². The van der Waals surface area contributed by atoms with Crippen LogP contribution < -0.4 is 5.32 Å². The predicted octanol–water partition coefficient (Wildman–Crippen LogP) is 4.41. The molecule has 1 heterocycles. The monoisotopic (exact) mass is 382 g/mol. The summed E-state index contributed by atoms with van der Waals surface area (Å²) in [5, 5.41) is 3.20. The summed E-state index contributed by atoms with van der Waals surface area (Å²) < 4.78 is 18.3. The van der Waals surface area contributed by atoms with Gasteiger partial charge in [-0.25, -0.2) is 14.2 Å². The standard InChI is InChI=1S/C20H15FN2O3S/c1-26-20(25)16-12-13(9-10-17(16)21)23-18(24)15-8-5-11-22-19(15)27-14-6-3-2-4-7-14/h2-12H,1H3,(H,23,24). The third kappa shape index (κ3) is 4.51. The molecule has 1 amide bonds. The summed E-state index contributed by atoms with van der Waals surface area (Å²) in [6, 6.07) is 16.6. The first-order valence-corrected chi connectivity index (χ1v) is 8.77. The van der Waals surface area contributed by atoms with Gasteiger partial charge in [-0.05, 0) is 42.5 Å². The first-order valence-electron chi connectivity index (χ1n) is 7.95. The van der Waals surface area contributed by atoms with Crippen LogP contribution in [0.3, 0.4) is 0 Å². The van der Waals surface area contributed by atoms with E-state index in [4.69, 9.17) is 0 Å². The summed E-state index contributed by atoms with van der Waals surface area (Å²) in [7, 11) is 1.16. The molecule has 2 aromatic carbocycles. The maximum absolute atomic E-state index is 13.7. The highest BCUT2D eigenvalue weighted by molar-refractivity contribution is 7.99. The van der Waals surface area contributed by atoms with E-state index >= 15 is 0 Å². The number of pyridine rings is 1. The van der Waals surface area contributed by atoms with Crippen molar-refractivity contribution in [3.63, 3.8) is 0 Å². The molecule has 7 heteroatoms. The second-order valence-electron chi connectivity index (χ2n) is 5.41. The van der Waals surface area contributed by atoms with Crippen LogP contribution in [0.15, 0.2) is 76.8 Å². The summed E-state index contributed by atoms with van der Waals surface area (Å²) in [5.74, 6) is -1.95. The van der Waals surface area contributed by atoms with Gasteiger partial charge in [-0.2, -0.15) is 0 Å². The Kier molecular flexibility index (Phi) is 5.83. The van der Waals surface area contributed by atoms with E-state index in [2.05, 4.69) is 15.0 Å². The number of aromatic nitrogens is 1. The van der Waals surface area contributed by atoms with Crippen LogP contribution in [0.2, 0.25) is 0 Å². The Hall–Kier alpha value is -3.19. The molecule has 0 aliphatic heterocycles. The molecule has 1 N–H and O–H groups in total. The number of nitrogens with zero attached hydrogens (tertiary/aromatic N) is 1. The van der Waals surface area contributed by atoms with Gasteiger partial charge in [0.05, 0.1) is 18.2 Å². The number of amides is 1. The summed E-state index contributed by atoms with van der Waals surface area (Å²) in [5.41, 5.74) is 0.400. The summed E-state index contributed by atoms with van der Waals surface area (Å²) in [6.45, 7) is 0. The van der Waals surface area contributed by atoms with Crippen LogP contribution in [-0.2, 0) is 4.74 Å². The minimum absolute atomic E-state index is 0.250. The molecule has 0 saturated heterocycles. The van der Waals surface area contributed by atoms with Crippen molar-refractivity contribution in [3.05, 3.63) is 83.8 Å². The quantitative estimate of drug-likeness (QED) is 0.662. The highest BCUT2D eigenvalue weighted by atomic mass is 32.2. The van der Waals surface area contributed by atoms with Gasteiger partial charge < -0.3 is 10.1 Å². The summed E-state index contributed by atoms with van der Waals surface area (Å²) in [6.07, 6.45) is 1.61. The van der Waals surface area contributed by atoms with Crippen molar-refractivity contribution in [2.24, 2.45) is 0 Å². The number of hydrogen-bond acceptors (Lipinski definition) is 5. The summed E-state index contributed by atoms with van der Waals surface area (Å²) in [4.78, 5) is 29.5. The number of hydrogen-bond donors (Lipinski definition) is 1. The first kappa shape index (κ1) is 18.6. The highest BCUT2D eigenvalue weighted by Gasteiger charge is 2.17. The minimum atomic E-state index is -0.815. The van der Waals surface area contributed by atoms with Crippen molar-refractivity contribution >= 4 is 29.3 Å². The fourth-order valence-corrected chi connectivity index (χ4v) is 3.21. The van der Waals surface area contributed by atoms with E-state index in [0.29, 0.717) is 10.6 Å². The number of anilines is 1. The van der Waals surface area contributed by atoms with E-state index in [1.807, 2.05) is 30.3 Å². The SMILES string of the molecule is COC(=O)c1cc(NC(=O)c2cccnc2Sc2ccccc2)ccc1F. The van der Waals surface area contributed by atoms with Crippen LogP contribution in [0.25, 0.3) is 0 Å². The van der Waals surface area contributed by atoms with Crippen LogP contribution in [-0.4, -0.2) is 24.0 Å². The lowest BCUT2D eigenvalue weighted by Gasteiger charge is -2.10. The number of nitrogens with one attached hydrogen (secondary N) is 1. The lowest BCUT2D eigenvalue weighted by Crippen LogP contribution is -2.14. The number of halogens is 1. The van der Waals surface area contributed by atoms with Crippen molar-refractivity contribution in [1.29, 1.82) is 0 Å². The number of esters is 1. The molecular formula is C20H15FN2O3S. The molecule has 0 aliphatic rings. The molecule has 0 radical (unpaired) electrons. The third-order valence-electron chi connectivity index (χ3n) is 3.60. The second kappa shape index (κ2) is 8.46. The lowest BCUT2D eigenvalue weighted by atomic mass is 10.1. The number of methoxy groups -OCH3 is 1. The fraction of sp³-hybridized carbons (Fsp3) is 0.0500. The van der Waals surface area contributed by atoms with E-state index in [0.717, 1.165) is 18.1 Å². The van der Waals surface area contributed by atoms with Crippen molar-refractivity contribution in [2.45, 2.75) is 9.92 Å². The Bertz CT molecular complexity index is 980. The molecule has 0 bridgehead atoms. The van der Waals surface area contributed by atoms with E-state index in [1.165, 1.54) is 23.9 Å². The molecule has 27 heavy (non-hydrogen) atoms. The normalized spacial score (nSPS) is 10.3. The molecule has 5 nitrogen and oxygen atoms in total. The first-order chi connectivity index (χ1) is 13.1. The van der Waals surface area contributed by atoms with Gasteiger partial charge in [-0.15, -0.1) is 0 Å². The molecule has 3 rings (SSSR count). The van der Waals surface area contributed by atoms with E-state index in [-0.39, 0.29) is 11.3 Å². The number of carbonyl (C=O) groups excluding carboxylic acids is 2. The third-order valence-corrected chi connectivity index (χ3v) is 4.63. The Morgan fingerprint density at radius 2 is 1.81 bits per heavy atom. The van der Waals surface area contributed by atoms with E-state index in [1.54, 1.807) is 18.3 Å². The second-order valence-corrected chi connectivity index (χ2v) is 6.47. The van der Waals surface area contributed by atoms with Crippen LogP contribution >= 0.6 is 11.8 Å². The molecule has 1 aromatic heterocycles. The van der Waals surface area contributed by atoms with Crippen molar-refractivity contribution in [3.8, 4) is 0 Å². The van der Waals surface area contributed by atoms with Gasteiger partial charge in [0.25, 0.3) is 5.91 Å². The molecule has 0 saturated carbocycles. The average Bonchev–Trinajstić information content (AvgIpc) is 2.70.